The molecular formula is C18H20BrNO4S. The van der Waals surface area contributed by atoms with Gasteiger partial charge in [-0.25, -0.2) is 4.79 Å². The van der Waals surface area contributed by atoms with Crippen molar-refractivity contribution in [1.82, 2.24) is 0 Å². The molecule has 25 heavy (non-hydrogen) atoms. The fourth-order valence-electron chi connectivity index (χ4n) is 2.18. The van der Waals surface area contributed by atoms with E-state index < -0.39 is 12.1 Å². The predicted octanol–water partition coefficient (Wildman–Crippen LogP) is 4.71. The van der Waals surface area contributed by atoms with Crippen molar-refractivity contribution in [2.24, 2.45) is 0 Å². The highest BCUT2D eigenvalue weighted by Gasteiger charge is 2.24. The third kappa shape index (κ3) is 4.83. The SMILES string of the molecule is CCOC(=O)c1c(NC(=O)[C@@H](C)Oc2cccc(Br)c2)sc(C)c1C. The van der Waals surface area contributed by atoms with Gasteiger partial charge in [0.1, 0.15) is 10.8 Å². The van der Waals surface area contributed by atoms with Gasteiger partial charge in [-0.15, -0.1) is 11.3 Å². The Morgan fingerprint density at radius 1 is 1.32 bits per heavy atom. The molecule has 5 nitrogen and oxygen atoms in total. The highest BCUT2D eigenvalue weighted by Crippen LogP contribution is 2.33. The van der Waals surface area contributed by atoms with E-state index in [0.29, 0.717) is 16.3 Å². The maximum absolute atomic E-state index is 12.5. The van der Waals surface area contributed by atoms with Crippen molar-refractivity contribution in [3.05, 3.63) is 44.7 Å². The zero-order valence-corrected chi connectivity index (χ0v) is 16.9. The molecular weight excluding hydrogens is 406 g/mol. The Kier molecular flexibility index (Phi) is 6.61. The van der Waals surface area contributed by atoms with E-state index in [1.54, 1.807) is 26.0 Å². The summed E-state index contributed by atoms with van der Waals surface area (Å²) in [6.45, 7) is 7.43. The summed E-state index contributed by atoms with van der Waals surface area (Å²) in [7, 11) is 0. The third-order valence-electron chi connectivity index (χ3n) is 3.58. The Hall–Kier alpha value is -1.86. The molecule has 0 aliphatic rings. The van der Waals surface area contributed by atoms with Gasteiger partial charge in [0, 0.05) is 9.35 Å². The predicted molar refractivity (Wildman–Crippen MR) is 103 cm³/mol. The number of aryl methyl sites for hydroxylation is 1. The molecule has 0 aliphatic carbocycles. The minimum atomic E-state index is -0.716. The van der Waals surface area contributed by atoms with Crippen LogP contribution in [0.25, 0.3) is 0 Å². The zero-order valence-electron chi connectivity index (χ0n) is 14.5. The molecule has 1 N–H and O–H groups in total. The highest BCUT2D eigenvalue weighted by atomic mass is 79.9. The average Bonchev–Trinajstić information content (AvgIpc) is 2.81. The monoisotopic (exact) mass is 425 g/mol. The Bertz CT molecular complexity index is 787. The molecule has 0 aliphatic heterocycles. The molecule has 1 heterocycles. The molecule has 2 rings (SSSR count). The number of thiophene rings is 1. The molecule has 0 spiro atoms. The normalized spacial score (nSPS) is 11.7. The summed E-state index contributed by atoms with van der Waals surface area (Å²) in [6.07, 6.45) is -0.716. The van der Waals surface area contributed by atoms with Crippen LogP contribution in [0.1, 0.15) is 34.6 Å². The van der Waals surface area contributed by atoms with Crippen LogP contribution in [-0.4, -0.2) is 24.6 Å². The van der Waals surface area contributed by atoms with Crippen molar-refractivity contribution in [1.29, 1.82) is 0 Å². The lowest BCUT2D eigenvalue weighted by Gasteiger charge is -2.15. The van der Waals surface area contributed by atoms with Gasteiger partial charge in [-0.3, -0.25) is 4.79 Å². The Labute approximate surface area is 159 Å². The number of hydrogen-bond acceptors (Lipinski definition) is 5. The van der Waals surface area contributed by atoms with Crippen LogP contribution in [0.3, 0.4) is 0 Å². The number of hydrogen-bond donors (Lipinski definition) is 1. The van der Waals surface area contributed by atoms with Crippen LogP contribution < -0.4 is 10.1 Å². The Morgan fingerprint density at radius 3 is 2.68 bits per heavy atom. The van der Waals surface area contributed by atoms with Crippen LogP contribution in [0.2, 0.25) is 0 Å². The molecule has 0 fully saturated rings. The van der Waals surface area contributed by atoms with E-state index in [-0.39, 0.29) is 12.5 Å². The maximum atomic E-state index is 12.5. The van der Waals surface area contributed by atoms with Gasteiger partial charge in [-0.2, -0.15) is 0 Å². The fourth-order valence-corrected chi connectivity index (χ4v) is 3.61. The maximum Gasteiger partial charge on any atom is 0.341 e. The van der Waals surface area contributed by atoms with E-state index >= 15 is 0 Å². The number of amides is 1. The second-order valence-electron chi connectivity index (χ2n) is 5.41. The summed E-state index contributed by atoms with van der Waals surface area (Å²) in [5.74, 6) is -0.173. The molecule has 134 valence electrons. The van der Waals surface area contributed by atoms with Crippen LogP contribution >= 0.6 is 27.3 Å². The standard InChI is InChI=1S/C18H20BrNO4S/c1-5-23-18(22)15-10(2)12(4)25-17(15)20-16(21)11(3)24-14-8-6-7-13(19)9-14/h6-9,11H,5H2,1-4H3,(H,20,21)/t11-/m1/s1. The molecule has 1 aromatic carbocycles. The van der Waals surface area contributed by atoms with Gasteiger partial charge in [0.2, 0.25) is 0 Å². The van der Waals surface area contributed by atoms with Crippen LogP contribution in [-0.2, 0) is 9.53 Å². The number of carbonyl (C=O) groups excluding carboxylic acids is 2. The van der Waals surface area contributed by atoms with Crippen LogP contribution in [0.5, 0.6) is 5.75 Å². The van der Waals surface area contributed by atoms with E-state index in [4.69, 9.17) is 9.47 Å². The van der Waals surface area contributed by atoms with Gasteiger partial charge in [0.15, 0.2) is 6.10 Å². The first kappa shape index (κ1) is 19.5. The Balaban J connectivity index is 2.14. The van der Waals surface area contributed by atoms with Crippen molar-refractivity contribution in [2.75, 3.05) is 11.9 Å². The molecule has 0 bridgehead atoms. The largest absolute Gasteiger partial charge is 0.481 e. The second kappa shape index (κ2) is 8.49. The van der Waals surface area contributed by atoms with Gasteiger partial charge in [-0.1, -0.05) is 22.0 Å². The molecule has 7 heteroatoms. The lowest BCUT2D eigenvalue weighted by Crippen LogP contribution is -2.30. The molecule has 1 amide bonds. The van der Waals surface area contributed by atoms with E-state index in [2.05, 4.69) is 21.2 Å². The Morgan fingerprint density at radius 2 is 2.04 bits per heavy atom. The van der Waals surface area contributed by atoms with Gasteiger partial charge < -0.3 is 14.8 Å². The van der Waals surface area contributed by atoms with Crippen molar-refractivity contribution >= 4 is 44.1 Å². The van der Waals surface area contributed by atoms with Gasteiger partial charge >= 0.3 is 5.97 Å². The topological polar surface area (TPSA) is 64.6 Å². The first-order valence-electron chi connectivity index (χ1n) is 7.83. The van der Waals surface area contributed by atoms with Crippen molar-refractivity contribution < 1.29 is 19.1 Å². The smallest absolute Gasteiger partial charge is 0.341 e. The number of halogens is 1. The lowest BCUT2D eigenvalue weighted by atomic mass is 10.1. The van der Waals surface area contributed by atoms with Gasteiger partial charge in [0.25, 0.3) is 5.91 Å². The first-order valence-corrected chi connectivity index (χ1v) is 9.44. The van der Waals surface area contributed by atoms with Crippen LogP contribution in [0.15, 0.2) is 28.7 Å². The molecule has 0 radical (unpaired) electrons. The summed E-state index contributed by atoms with van der Waals surface area (Å²) in [4.78, 5) is 25.6. The summed E-state index contributed by atoms with van der Waals surface area (Å²) < 4.78 is 11.6. The zero-order chi connectivity index (χ0) is 18.6. The first-order chi connectivity index (χ1) is 11.8. The van der Waals surface area contributed by atoms with E-state index in [0.717, 1.165) is 14.9 Å². The molecule has 2 aromatic rings. The van der Waals surface area contributed by atoms with Crippen LogP contribution in [0, 0.1) is 13.8 Å². The molecule has 1 atom stereocenters. The molecule has 0 unspecified atom stereocenters. The average molecular weight is 426 g/mol. The number of nitrogens with one attached hydrogen (secondary N) is 1. The van der Waals surface area contributed by atoms with Gasteiger partial charge in [-0.05, 0) is 51.5 Å². The summed E-state index contributed by atoms with van der Waals surface area (Å²) >= 11 is 4.72. The minimum absolute atomic E-state index is 0.281. The van der Waals surface area contributed by atoms with Gasteiger partial charge in [0.05, 0.1) is 12.2 Å². The molecule has 1 aromatic heterocycles. The molecule has 0 saturated carbocycles. The highest BCUT2D eigenvalue weighted by molar-refractivity contribution is 9.10. The van der Waals surface area contributed by atoms with Crippen molar-refractivity contribution in [3.63, 3.8) is 0 Å². The fraction of sp³-hybridized carbons (Fsp3) is 0.333. The van der Waals surface area contributed by atoms with E-state index in [1.165, 1.54) is 11.3 Å². The number of benzene rings is 1. The number of anilines is 1. The number of rotatable bonds is 6. The minimum Gasteiger partial charge on any atom is -0.481 e. The number of ether oxygens (including phenoxy) is 2. The van der Waals surface area contributed by atoms with Crippen molar-refractivity contribution in [2.45, 2.75) is 33.8 Å². The van der Waals surface area contributed by atoms with E-state index in [1.807, 2.05) is 26.0 Å². The quantitative estimate of drug-likeness (QED) is 0.680. The second-order valence-corrected chi connectivity index (χ2v) is 7.55. The number of carbonyl (C=O) groups is 2. The summed E-state index contributed by atoms with van der Waals surface area (Å²) in [5, 5.41) is 3.28. The van der Waals surface area contributed by atoms with Crippen molar-refractivity contribution in [3.8, 4) is 5.75 Å². The summed E-state index contributed by atoms with van der Waals surface area (Å²) in [6, 6.07) is 7.26. The summed E-state index contributed by atoms with van der Waals surface area (Å²) in [5.41, 5.74) is 1.23. The lowest BCUT2D eigenvalue weighted by molar-refractivity contribution is -0.122. The van der Waals surface area contributed by atoms with Crippen LogP contribution in [0.4, 0.5) is 5.00 Å². The van der Waals surface area contributed by atoms with E-state index in [9.17, 15) is 9.59 Å². The number of esters is 1. The molecule has 0 saturated heterocycles. The third-order valence-corrected chi connectivity index (χ3v) is 5.20.